The van der Waals surface area contributed by atoms with E-state index in [0.717, 1.165) is 17.8 Å². The minimum atomic E-state index is 0.0758. The summed E-state index contributed by atoms with van der Waals surface area (Å²) in [5, 5.41) is 9.39. The molecule has 3 heteroatoms. The second kappa shape index (κ2) is 6.01. The zero-order chi connectivity index (χ0) is 12.1. The van der Waals surface area contributed by atoms with Crippen molar-refractivity contribution in [1.29, 1.82) is 0 Å². The highest BCUT2D eigenvalue weighted by Crippen LogP contribution is 2.29. The van der Waals surface area contributed by atoms with E-state index >= 15 is 0 Å². The Hall–Kier alpha value is -1.09. The Morgan fingerprint density at radius 2 is 2.12 bits per heavy atom. The Labute approximate surface area is 103 Å². The van der Waals surface area contributed by atoms with Gasteiger partial charge in [0.25, 0.3) is 0 Å². The highest BCUT2D eigenvalue weighted by atomic mass is 16.3. The molecule has 1 saturated carbocycles. The molecule has 0 spiro atoms. The van der Waals surface area contributed by atoms with Gasteiger partial charge in [0.1, 0.15) is 0 Å². The fourth-order valence-corrected chi connectivity index (χ4v) is 2.84. The molecule has 0 amide bonds. The maximum absolute atomic E-state index is 9.39. The van der Waals surface area contributed by atoms with E-state index in [-0.39, 0.29) is 6.61 Å². The fourth-order valence-electron chi connectivity index (χ4n) is 2.84. The molecule has 1 heterocycles. The molecule has 0 atom stereocenters. The maximum atomic E-state index is 9.39. The molecule has 1 fully saturated rings. The number of rotatable bonds is 4. The number of hydrogen-bond acceptors (Lipinski definition) is 3. The van der Waals surface area contributed by atoms with E-state index < -0.39 is 0 Å². The predicted octanol–water partition coefficient (Wildman–Crippen LogP) is 2.73. The number of nitrogens with zero attached hydrogens (tertiary/aromatic N) is 2. The lowest BCUT2D eigenvalue weighted by molar-refractivity contribution is 0.281. The number of hydrogen-bond donors (Lipinski definition) is 1. The fraction of sp³-hybridized carbons (Fsp3) is 0.643. The van der Waals surface area contributed by atoms with Crippen LogP contribution in [-0.2, 0) is 6.61 Å². The van der Waals surface area contributed by atoms with Crippen molar-refractivity contribution in [2.75, 3.05) is 11.4 Å². The normalized spacial score (nSPS) is 17.1. The highest BCUT2D eigenvalue weighted by molar-refractivity contribution is 5.52. The van der Waals surface area contributed by atoms with Gasteiger partial charge in [0.2, 0.25) is 0 Å². The van der Waals surface area contributed by atoms with Gasteiger partial charge in [-0.25, -0.2) is 0 Å². The number of aliphatic hydroxyl groups is 1. The van der Waals surface area contributed by atoms with Crippen LogP contribution in [0.25, 0.3) is 0 Å². The second-order valence-electron chi connectivity index (χ2n) is 4.74. The van der Waals surface area contributed by atoms with Crippen molar-refractivity contribution in [2.45, 2.75) is 51.7 Å². The molecule has 0 aliphatic heterocycles. The van der Waals surface area contributed by atoms with Gasteiger partial charge in [-0.15, -0.1) is 0 Å². The van der Waals surface area contributed by atoms with Crippen LogP contribution < -0.4 is 4.90 Å². The molecule has 1 aromatic heterocycles. The molecule has 1 aliphatic rings. The van der Waals surface area contributed by atoms with Crippen molar-refractivity contribution in [3.05, 3.63) is 24.0 Å². The van der Waals surface area contributed by atoms with E-state index in [9.17, 15) is 5.11 Å². The third-order valence-corrected chi connectivity index (χ3v) is 3.71. The summed E-state index contributed by atoms with van der Waals surface area (Å²) in [6, 6.07) is 2.67. The van der Waals surface area contributed by atoms with Crippen molar-refractivity contribution in [1.82, 2.24) is 4.98 Å². The summed E-state index contributed by atoms with van der Waals surface area (Å²) in [6.07, 6.45) is 10.2. The van der Waals surface area contributed by atoms with E-state index in [2.05, 4.69) is 16.8 Å². The summed E-state index contributed by atoms with van der Waals surface area (Å²) in [4.78, 5) is 6.53. The minimum Gasteiger partial charge on any atom is -0.392 e. The van der Waals surface area contributed by atoms with E-state index in [0.29, 0.717) is 6.04 Å². The van der Waals surface area contributed by atoms with Crippen LogP contribution in [0.4, 0.5) is 5.69 Å². The number of pyridine rings is 1. The van der Waals surface area contributed by atoms with Crippen molar-refractivity contribution < 1.29 is 5.11 Å². The first-order chi connectivity index (χ1) is 8.36. The van der Waals surface area contributed by atoms with Gasteiger partial charge in [0, 0.05) is 36.2 Å². The minimum absolute atomic E-state index is 0.0758. The van der Waals surface area contributed by atoms with Crippen molar-refractivity contribution >= 4 is 5.69 Å². The van der Waals surface area contributed by atoms with Crippen LogP contribution >= 0.6 is 0 Å². The number of aliphatic hydroxyl groups excluding tert-OH is 1. The smallest absolute Gasteiger partial charge is 0.0717 e. The van der Waals surface area contributed by atoms with Gasteiger partial charge < -0.3 is 10.0 Å². The van der Waals surface area contributed by atoms with E-state index in [1.807, 2.05) is 12.3 Å². The third-order valence-electron chi connectivity index (χ3n) is 3.71. The van der Waals surface area contributed by atoms with Gasteiger partial charge >= 0.3 is 0 Å². The molecule has 0 saturated heterocycles. The summed E-state index contributed by atoms with van der Waals surface area (Å²) in [5.74, 6) is 0. The first kappa shape index (κ1) is 12.4. The zero-order valence-electron chi connectivity index (χ0n) is 10.6. The lowest BCUT2D eigenvalue weighted by Crippen LogP contribution is -2.37. The first-order valence-corrected chi connectivity index (χ1v) is 6.67. The molecular weight excluding hydrogens is 212 g/mol. The molecule has 0 unspecified atom stereocenters. The average molecular weight is 234 g/mol. The molecule has 0 radical (unpaired) electrons. The summed E-state index contributed by atoms with van der Waals surface area (Å²) in [7, 11) is 0. The van der Waals surface area contributed by atoms with E-state index in [1.54, 1.807) is 6.20 Å². The van der Waals surface area contributed by atoms with Crippen LogP contribution in [0.3, 0.4) is 0 Å². The third kappa shape index (κ3) is 2.78. The lowest BCUT2D eigenvalue weighted by atomic mass is 9.93. The second-order valence-corrected chi connectivity index (χ2v) is 4.74. The number of anilines is 1. The molecule has 0 aromatic carbocycles. The van der Waals surface area contributed by atoms with Crippen molar-refractivity contribution in [3.8, 4) is 0 Å². The molecule has 0 bridgehead atoms. The van der Waals surface area contributed by atoms with Crippen LogP contribution in [-0.4, -0.2) is 22.7 Å². The van der Waals surface area contributed by atoms with E-state index in [4.69, 9.17) is 0 Å². The molecule has 2 rings (SSSR count). The SMILES string of the molecule is CCN(c1ccncc1CO)C1CCCCC1. The summed E-state index contributed by atoms with van der Waals surface area (Å²) in [6.45, 7) is 3.27. The van der Waals surface area contributed by atoms with Gasteiger partial charge in [-0.3, -0.25) is 4.98 Å². The van der Waals surface area contributed by atoms with E-state index in [1.165, 1.54) is 32.1 Å². The summed E-state index contributed by atoms with van der Waals surface area (Å²) >= 11 is 0. The quantitative estimate of drug-likeness (QED) is 0.870. The van der Waals surface area contributed by atoms with Gasteiger partial charge in [-0.05, 0) is 25.8 Å². The van der Waals surface area contributed by atoms with Crippen LogP contribution in [0.15, 0.2) is 18.5 Å². The van der Waals surface area contributed by atoms with Crippen LogP contribution in [0.1, 0.15) is 44.6 Å². The van der Waals surface area contributed by atoms with Gasteiger partial charge in [0.15, 0.2) is 0 Å². The Morgan fingerprint density at radius 3 is 2.76 bits per heavy atom. The maximum Gasteiger partial charge on any atom is 0.0717 e. The molecular formula is C14H22N2O. The average Bonchev–Trinajstić information content (AvgIpc) is 2.41. The topological polar surface area (TPSA) is 36.4 Å². The van der Waals surface area contributed by atoms with Crippen molar-refractivity contribution in [3.63, 3.8) is 0 Å². The Morgan fingerprint density at radius 1 is 1.35 bits per heavy atom. The van der Waals surface area contributed by atoms with Crippen LogP contribution in [0.2, 0.25) is 0 Å². The molecule has 1 N–H and O–H groups in total. The predicted molar refractivity (Wildman–Crippen MR) is 70.1 cm³/mol. The Bertz CT molecular complexity index is 348. The van der Waals surface area contributed by atoms with Crippen LogP contribution in [0.5, 0.6) is 0 Å². The standard InChI is InChI=1S/C14H22N2O/c1-2-16(13-6-4-3-5-7-13)14-8-9-15-10-12(14)11-17/h8-10,13,17H,2-7,11H2,1H3. The molecule has 17 heavy (non-hydrogen) atoms. The monoisotopic (exact) mass is 234 g/mol. The Kier molecular flexibility index (Phi) is 4.37. The summed E-state index contributed by atoms with van der Waals surface area (Å²) in [5.41, 5.74) is 2.11. The lowest BCUT2D eigenvalue weighted by Gasteiger charge is -2.36. The molecule has 3 nitrogen and oxygen atoms in total. The van der Waals surface area contributed by atoms with Gasteiger partial charge in [0.05, 0.1) is 6.61 Å². The van der Waals surface area contributed by atoms with Gasteiger partial charge in [-0.1, -0.05) is 19.3 Å². The zero-order valence-corrected chi connectivity index (χ0v) is 10.6. The Balaban J connectivity index is 2.21. The molecule has 1 aromatic rings. The highest BCUT2D eigenvalue weighted by Gasteiger charge is 2.21. The molecule has 1 aliphatic carbocycles. The first-order valence-electron chi connectivity index (χ1n) is 6.67. The largest absolute Gasteiger partial charge is 0.392 e. The summed E-state index contributed by atoms with van der Waals surface area (Å²) < 4.78 is 0. The van der Waals surface area contributed by atoms with Gasteiger partial charge in [-0.2, -0.15) is 0 Å². The molecule has 94 valence electrons. The number of aromatic nitrogens is 1. The van der Waals surface area contributed by atoms with Crippen molar-refractivity contribution in [2.24, 2.45) is 0 Å². The van der Waals surface area contributed by atoms with Crippen LogP contribution in [0, 0.1) is 0 Å².